The van der Waals surface area contributed by atoms with Crippen molar-refractivity contribution in [3.63, 3.8) is 0 Å². The second-order valence-electron chi connectivity index (χ2n) is 10.1. The Morgan fingerprint density at radius 2 is 1.54 bits per heavy atom. The van der Waals surface area contributed by atoms with Gasteiger partial charge in [-0.2, -0.15) is 0 Å². The molecule has 0 N–H and O–H groups in total. The molecule has 0 saturated carbocycles. The normalized spacial score (nSPS) is 25.4. The van der Waals surface area contributed by atoms with Crippen LogP contribution in [-0.4, -0.2) is 18.0 Å². The predicted octanol–water partition coefficient (Wildman–Crippen LogP) is 6.60. The number of carbonyl (C=O) groups excluding carboxylic acids is 2. The zero-order chi connectivity index (χ0) is 25.3. The van der Waals surface area contributed by atoms with Gasteiger partial charge in [-0.15, -0.1) is 0 Å². The van der Waals surface area contributed by atoms with E-state index in [9.17, 15) is 9.59 Å². The van der Waals surface area contributed by atoms with Crippen molar-refractivity contribution in [3.05, 3.63) is 130 Å². The van der Waals surface area contributed by atoms with Crippen molar-refractivity contribution >= 4 is 41.0 Å². The molecule has 1 heterocycles. The summed E-state index contributed by atoms with van der Waals surface area (Å²) >= 11 is 6.53. The first-order valence-electron chi connectivity index (χ1n) is 12.5. The lowest BCUT2D eigenvalue weighted by molar-refractivity contribution is -0.122. The molecule has 1 aliphatic heterocycles. The van der Waals surface area contributed by atoms with E-state index in [1.807, 2.05) is 49.5 Å². The molecular weight excluding hydrogens is 480 g/mol. The Bertz CT molecular complexity index is 1630. The number of halogens is 1. The molecule has 5 heteroatoms. The van der Waals surface area contributed by atoms with E-state index < -0.39 is 17.3 Å². The van der Waals surface area contributed by atoms with Gasteiger partial charge in [0.15, 0.2) is 0 Å². The van der Waals surface area contributed by atoms with E-state index in [-0.39, 0.29) is 17.7 Å². The summed E-state index contributed by atoms with van der Waals surface area (Å²) in [5, 5.41) is 0.380. The zero-order valence-electron chi connectivity index (χ0n) is 20.1. The number of amides is 2. The molecule has 0 unspecified atom stereocenters. The SMILES string of the molecule is Cc1ccccc1N=C[C@@]12c3ccc(cc3)[C@@H](c3ccccc31)[C@@H]1C(=O)N(c3ccccc3Cl)C(=O)[C@H]12. The van der Waals surface area contributed by atoms with E-state index in [2.05, 4.69) is 36.4 Å². The Labute approximate surface area is 220 Å². The van der Waals surface area contributed by atoms with Gasteiger partial charge in [-0.3, -0.25) is 14.6 Å². The van der Waals surface area contributed by atoms with Gasteiger partial charge >= 0.3 is 0 Å². The van der Waals surface area contributed by atoms with Crippen molar-refractivity contribution in [2.24, 2.45) is 16.8 Å². The van der Waals surface area contributed by atoms with Crippen molar-refractivity contribution in [2.75, 3.05) is 4.90 Å². The Balaban J connectivity index is 1.54. The molecule has 1 fully saturated rings. The van der Waals surface area contributed by atoms with Gasteiger partial charge in [0.05, 0.1) is 33.6 Å². The summed E-state index contributed by atoms with van der Waals surface area (Å²) < 4.78 is 0. The summed E-state index contributed by atoms with van der Waals surface area (Å²) in [6, 6.07) is 31.6. The highest BCUT2D eigenvalue weighted by Gasteiger charge is 2.65. The summed E-state index contributed by atoms with van der Waals surface area (Å²) in [7, 11) is 0. The maximum Gasteiger partial charge on any atom is 0.239 e. The minimum absolute atomic E-state index is 0.210. The number of hydrogen-bond acceptors (Lipinski definition) is 3. The fraction of sp³-hybridized carbons (Fsp3) is 0.156. The minimum Gasteiger partial charge on any atom is -0.274 e. The number of aryl methyl sites for hydroxylation is 1. The molecule has 0 radical (unpaired) electrons. The smallest absolute Gasteiger partial charge is 0.239 e. The number of aliphatic imine (C=N–C) groups is 1. The first-order chi connectivity index (χ1) is 18.0. The number of hydrogen-bond donors (Lipinski definition) is 0. The molecule has 0 spiro atoms. The van der Waals surface area contributed by atoms with Crippen LogP contribution in [0.1, 0.15) is 33.7 Å². The highest BCUT2D eigenvalue weighted by Crippen LogP contribution is 2.60. The van der Waals surface area contributed by atoms with Crippen molar-refractivity contribution < 1.29 is 9.59 Å². The Hall–Kier alpha value is -4.02. The maximum absolute atomic E-state index is 14.4. The summed E-state index contributed by atoms with van der Waals surface area (Å²) in [5.74, 6) is -1.90. The Morgan fingerprint density at radius 1 is 0.838 bits per heavy atom. The molecule has 37 heavy (non-hydrogen) atoms. The van der Waals surface area contributed by atoms with Gasteiger partial charge in [0.2, 0.25) is 11.8 Å². The van der Waals surface area contributed by atoms with Crippen LogP contribution in [0.4, 0.5) is 11.4 Å². The number of imide groups is 1. The van der Waals surface area contributed by atoms with E-state index >= 15 is 0 Å². The second-order valence-corrected chi connectivity index (χ2v) is 10.5. The van der Waals surface area contributed by atoms with Crippen molar-refractivity contribution in [2.45, 2.75) is 18.3 Å². The van der Waals surface area contributed by atoms with Gasteiger partial charge in [-0.25, -0.2) is 4.90 Å². The molecular formula is C32H23ClN2O2. The third kappa shape index (κ3) is 2.93. The van der Waals surface area contributed by atoms with Crippen LogP contribution >= 0.6 is 11.6 Å². The molecule has 1 saturated heterocycles. The zero-order valence-corrected chi connectivity index (χ0v) is 20.9. The van der Waals surface area contributed by atoms with E-state index in [1.54, 1.807) is 24.3 Å². The van der Waals surface area contributed by atoms with Gasteiger partial charge in [0, 0.05) is 12.1 Å². The van der Waals surface area contributed by atoms with Crippen LogP contribution in [0.15, 0.2) is 102 Å². The number of anilines is 1. The number of benzene rings is 4. The van der Waals surface area contributed by atoms with E-state index in [4.69, 9.17) is 16.6 Å². The molecule has 4 aromatic rings. The molecule has 0 aromatic heterocycles. The third-order valence-corrected chi connectivity index (χ3v) is 8.63. The molecule has 4 aromatic carbocycles. The second kappa shape index (κ2) is 7.99. The van der Waals surface area contributed by atoms with Crippen LogP contribution in [-0.2, 0) is 15.0 Å². The van der Waals surface area contributed by atoms with E-state index in [0.29, 0.717) is 10.7 Å². The average molecular weight is 503 g/mol. The number of carbonyl (C=O) groups is 2. The fourth-order valence-electron chi connectivity index (χ4n) is 6.67. The highest BCUT2D eigenvalue weighted by atomic mass is 35.5. The lowest BCUT2D eigenvalue weighted by Crippen LogP contribution is -2.51. The molecule has 4 atom stereocenters. The highest BCUT2D eigenvalue weighted by molar-refractivity contribution is 6.36. The molecule has 10 rings (SSSR count). The Morgan fingerprint density at radius 3 is 2.32 bits per heavy atom. The lowest BCUT2D eigenvalue weighted by Gasteiger charge is -2.48. The van der Waals surface area contributed by atoms with Crippen molar-refractivity contribution in [3.8, 4) is 0 Å². The summed E-state index contributed by atoms with van der Waals surface area (Å²) in [6.07, 6.45) is 1.92. The molecule has 180 valence electrons. The first kappa shape index (κ1) is 22.2. The molecule has 5 aliphatic carbocycles. The van der Waals surface area contributed by atoms with Gasteiger partial charge < -0.3 is 0 Å². The van der Waals surface area contributed by atoms with Crippen molar-refractivity contribution in [1.82, 2.24) is 0 Å². The van der Waals surface area contributed by atoms with Gasteiger partial charge in [0.1, 0.15) is 0 Å². The predicted molar refractivity (Wildman–Crippen MR) is 146 cm³/mol. The van der Waals surface area contributed by atoms with E-state index in [0.717, 1.165) is 33.5 Å². The first-order valence-corrected chi connectivity index (χ1v) is 12.8. The Kier molecular flexibility index (Phi) is 4.79. The van der Waals surface area contributed by atoms with E-state index in [1.165, 1.54) is 4.90 Å². The molecule has 4 bridgehead atoms. The van der Waals surface area contributed by atoms with Crippen LogP contribution in [0.2, 0.25) is 5.02 Å². The fourth-order valence-corrected chi connectivity index (χ4v) is 6.89. The third-order valence-electron chi connectivity index (χ3n) is 8.31. The summed E-state index contributed by atoms with van der Waals surface area (Å²) in [6.45, 7) is 2.02. The number of nitrogens with zero attached hydrogens (tertiary/aromatic N) is 2. The van der Waals surface area contributed by atoms with Crippen LogP contribution < -0.4 is 4.90 Å². The lowest BCUT2D eigenvalue weighted by atomic mass is 9.52. The topological polar surface area (TPSA) is 49.7 Å². The van der Waals surface area contributed by atoms with Crippen LogP contribution in [0.5, 0.6) is 0 Å². The van der Waals surface area contributed by atoms with Crippen LogP contribution in [0.25, 0.3) is 0 Å². The number of para-hydroxylation sites is 2. The monoisotopic (exact) mass is 502 g/mol. The summed E-state index contributed by atoms with van der Waals surface area (Å²) in [4.78, 5) is 35.0. The van der Waals surface area contributed by atoms with Gasteiger partial charge in [-0.05, 0) is 52.9 Å². The van der Waals surface area contributed by atoms with Crippen LogP contribution in [0.3, 0.4) is 0 Å². The molecule has 4 nitrogen and oxygen atoms in total. The number of rotatable bonds is 3. The van der Waals surface area contributed by atoms with Crippen LogP contribution in [0, 0.1) is 18.8 Å². The van der Waals surface area contributed by atoms with Gasteiger partial charge in [-0.1, -0.05) is 90.5 Å². The minimum atomic E-state index is -0.915. The average Bonchev–Trinajstić information content (AvgIpc) is 3.16. The van der Waals surface area contributed by atoms with Gasteiger partial charge in [0.25, 0.3) is 0 Å². The maximum atomic E-state index is 14.4. The standard InChI is InChI=1S/C32H23ClN2O2/c1-19-8-2-6-12-25(19)34-18-32-21-16-14-20(15-17-21)27(22-9-3-4-10-23(22)32)28-29(32)31(37)35(30(28)36)26-13-7-5-11-24(26)33/h2-18,27-29H,1H3/t27-,28-,29-,32+/m0/s1. The molecule has 6 aliphatic rings. The molecule has 2 amide bonds. The van der Waals surface area contributed by atoms with Crippen molar-refractivity contribution in [1.29, 1.82) is 0 Å². The largest absolute Gasteiger partial charge is 0.274 e. The quantitative estimate of drug-likeness (QED) is 0.234. The summed E-state index contributed by atoms with van der Waals surface area (Å²) in [5.41, 5.74) is 5.50.